The first kappa shape index (κ1) is 16.2. The van der Waals surface area contributed by atoms with Crippen LogP contribution in [0.5, 0.6) is 0 Å². The number of hydrogen-bond donors (Lipinski definition) is 1. The van der Waals surface area contributed by atoms with Crippen molar-refractivity contribution in [3.8, 4) is 5.69 Å². The Kier molecular flexibility index (Phi) is 4.62. The molecule has 0 saturated carbocycles. The van der Waals surface area contributed by atoms with Crippen molar-refractivity contribution in [3.63, 3.8) is 0 Å². The Morgan fingerprint density at radius 3 is 2.75 bits per heavy atom. The number of hydrogen-bond acceptors (Lipinski definition) is 2. The molecular weight excluding hydrogens is 329 g/mol. The van der Waals surface area contributed by atoms with Gasteiger partial charge >= 0.3 is 0 Å². The van der Waals surface area contributed by atoms with E-state index in [0.717, 1.165) is 11.4 Å². The Hall–Kier alpha value is -2.66. The largest absolute Gasteiger partial charge is 0.319 e. The molecule has 6 heteroatoms. The van der Waals surface area contributed by atoms with Crippen molar-refractivity contribution < 1.29 is 9.18 Å². The molecule has 3 aromatic rings. The van der Waals surface area contributed by atoms with E-state index < -0.39 is 11.7 Å². The third-order valence-electron chi connectivity index (χ3n) is 3.62. The molecule has 0 unspecified atom stereocenters. The van der Waals surface area contributed by atoms with Crippen LogP contribution in [0.2, 0.25) is 5.02 Å². The van der Waals surface area contributed by atoms with Crippen molar-refractivity contribution in [2.24, 2.45) is 0 Å². The predicted molar refractivity (Wildman–Crippen MR) is 92.3 cm³/mol. The van der Waals surface area contributed by atoms with Gasteiger partial charge in [-0.15, -0.1) is 0 Å². The monoisotopic (exact) mass is 343 g/mol. The zero-order chi connectivity index (χ0) is 17.1. The van der Waals surface area contributed by atoms with Crippen molar-refractivity contribution in [1.29, 1.82) is 0 Å². The first-order valence-corrected chi connectivity index (χ1v) is 7.86. The molecule has 0 bridgehead atoms. The van der Waals surface area contributed by atoms with Crippen molar-refractivity contribution in [3.05, 3.63) is 76.8 Å². The van der Waals surface area contributed by atoms with Crippen LogP contribution in [-0.4, -0.2) is 15.7 Å². The number of halogens is 2. The van der Waals surface area contributed by atoms with Crippen molar-refractivity contribution in [1.82, 2.24) is 9.78 Å². The molecular formula is C18H15ClFN3O. The van der Waals surface area contributed by atoms with Crippen LogP contribution in [0.1, 0.15) is 23.0 Å². The van der Waals surface area contributed by atoms with Crippen LogP contribution in [0.25, 0.3) is 5.69 Å². The minimum absolute atomic E-state index is 0.139. The quantitative estimate of drug-likeness (QED) is 0.759. The summed E-state index contributed by atoms with van der Waals surface area (Å²) in [6.45, 7) is 1.93. The molecule has 2 aromatic carbocycles. The number of carbonyl (C=O) groups excluding carboxylic acids is 1. The summed E-state index contributed by atoms with van der Waals surface area (Å²) in [7, 11) is 0. The average molecular weight is 344 g/mol. The summed E-state index contributed by atoms with van der Waals surface area (Å²) in [5.41, 5.74) is 2.04. The Labute approximate surface area is 143 Å². The summed E-state index contributed by atoms with van der Waals surface area (Å²) >= 11 is 6.02. The van der Waals surface area contributed by atoms with E-state index in [1.807, 2.05) is 19.1 Å². The van der Waals surface area contributed by atoms with Gasteiger partial charge < -0.3 is 5.32 Å². The zero-order valence-corrected chi connectivity index (χ0v) is 13.7. The fourth-order valence-electron chi connectivity index (χ4n) is 2.49. The zero-order valence-electron chi connectivity index (χ0n) is 13.0. The maximum atomic E-state index is 13.7. The molecule has 3 rings (SSSR count). The Bertz CT molecular complexity index is 891. The van der Waals surface area contributed by atoms with Crippen LogP contribution in [0, 0.1) is 5.82 Å². The molecule has 0 aliphatic rings. The lowest BCUT2D eigenvalue weighted by Crippen LogP contribution is -2.15. The lowest BCUT2D eigenvalue weighted by molar-refractivity contribution is 0.102. The molecule has 24 heavy (non-hydrogen) atoms. The molecule has 0 spiro atoms. The number of aromatic nitrogens is 2. The summed E-state index contributed by atoms with van der Waals surface area (Å²) < 4.78 is 15.4. The lowest BCUT2D eigenvalue weighted by Gasteiger charge is -2.09. The van der Waals surface area contributed by atoms with Crippen LogP contribution < -0.4 is 5.32 Å². The van der Waals surface area contributed by atoms with Gasteiger partial charge in [0.05, 0.1) is 28.8 Å². The molecule has 0 radical (unpaired) electrons. The normalized spacial score (nSPS) is 10.6. The molecule has 1 N–H and O–H groups in total. The average Bonchev–Trinajstić information content (AvgIpc) is 3.01. The number of carbonyl (C=O) groups is 1. The number of nitrogens with zero attached hydrogens (tertiary/aromatic N) is 2. The summed E-state index contributed by atoms with van der Waals surface area (Å²) in [6, 6.07) is 13.3. The highest BCUT2D eigenvalue weighted by Gasteiger charge is 2.18. The molecule has 0 aliphatic carbocycles. The van der Waals surface area contributed by atoms with Crippen LogP contribution in [0.4, 0.5) is 10.1 Å². The van der Waals surface area contributed by atoms with Gasteiger partial charge in [0.2, 0.25) is 0 Å². The van der Waals surface area contributed by atoms with Gasteiger partial charge in [0.15, 0.2) is 0 Å². The van der Waals surface area contributed by atoms with Gasteiger partial charge in [0, 0.05) is 5.02 Å². The molecule has 0 saturated heterocycles. The van der Waals surface area contributed by atoms with Crippen LogP contribution in [-0.2, 0) is 6.42 Å². The fraction of sp³-hybridized carbons (Fsp3) is 0.111. The second kappa shape index (κ2) is 6.84. The number of amides is 1. The van der Waals surface area contributed by atoms with Crippen molar-refractivity contribution in [2.75, 3.05) is 5.32 Å². The molecule has 1 amide bonds. The second-order valence-electron chi connectivity index (χ2n) is 5.18. The van der Waals surface area contributed by atoms with E-state index in [1.165, 1.54) is 18.3 Å². The van der Waals surface area contributed by atoms with E-state index in [2.05, 4.69) is 10.4 Å². The standard InChI is InChI=1S/C18H15ClFN3O/c1-2-17-14(18(24)22-16-9-4-3-8-15(16)20)11-21-23(17)13-7-5-6-12(19)10-13/h3-11H,2H2,1H3,(H,22,24). The summed E-state index contributed by atoms with van der Waals surface area (Å²) in [6.07, 6.45) is 2.07. The predicted octanol–water partition coefficient (Wildman–Crippen LogP) is 4.48. The minimum Gasteiger partial charge on any atom is -0.319 e. The molecule has 4 nitrogen and oxygen atoms in total. The van der Waals surface area contributed by atoms with E-state index in [0.29, 0.717) is 17.0 Å². The van der Waals surface area contributed by atoms with E-state index in [4.69, 9.17) is 11.6 Å². The topological polar surface area (TPSA) is 46.9 Å². The maximum absolute atomic E-state index is 13.7. The highest BCUT2D eigenvalue weighted by molar-refractivity contribution is 6.30. The van der Waals surface area contributed by atoms with Gasteiger partial charge in [-0.1, -0.05) is 36.7 Å². The summed E-state index contributed by atoms with van der Waals surface area (Å²) in [5.74, 6) is -0.878. The smallest absolute Gasteiger partial charge is 0.259 e. The van der Waals surface area contributed by atoms with Crippen LogP contribution in [0.3, 0.4) is 0 Å². The highest BCUT2D eigenvalue weighted by Crippen LogP contribution is 2.20. The highest BCUT2D eigenvalue weighted by atomic mass is 35.5. The first-order chi connectivity index (χ1) is 11.6. The Morgan fingerprint density at radius 1 is 1.25 bits per heavy atom. The summed E-state index contributed by atoms with van der Waals surface area (Å²) in [4.78, 5) is 12.5. The molecule has 1 heterocycles. The molecule has 0 aliphatic heterocycles. The van der Waals surface area contributed by atoms with Gasteiger partial charge in [-0.05, 0) is 36.8 Å². The van der Waals surface area contributed by atoms with E-state index >= 15 is 0 Å². The Morgan fingerprint density at radius 2 is 2.04 bits per heavy atom. The fourth-order valence-corrected chi connectivity index (χ4v) is 2.67. The number of benzene rings is 2. The van der Waals surface area contributed by atoms with Gasteiger partial charge in [-0.25, -0.2) is 9.07 Å². The number of anilines is 1. The first-order valence-electron chi connectivity index (χ1n) is 7.49. The van der Waals surface area contributed by atoms with Gasteiger partial charge in [-0.2, -0.15) is 5.10 Å². The van der Waals surface area contributed by atoms with E-state index in [1.54, 1.807) is 28.9 Å². The molecule has 0 fully saturated rings. The Balaban J connectivity index is 1.95. The molecule has 122 valence electrons. The molecule has 1 aromatic heterocycles. The second-order valence-corrected chi connectivity index (χ2v) is 5.62. The number of nitrogens with one attached hydrogen (secondary N) is 1. The number of rotatable bonds is 4. The van der Waals surface area contributed by atoms with Crippen molar-refractivity contribution in [2.45, 2.75) is 13.3 Å². The maximum Gasteiger partial charge on any atom is 0.259 e. The minimum atomic E-state index is -0.480. The van der Waals surface area contributed by atoms with Crippen LogP contribution >= 0.6 is 11.6 Å². The summed E-state index contributed by atoms with van der Waals surface area (Å²) in [5, 5.41) is 7.46. The SMILES string of the molecule is CCc1c(C(=O)Nc2ccccc2F)cnn1-c1cccc(Cl)c1. The third-order valence-corrected chi connectivity index (χ3v) is 3.86. The lowest BCUT2D eigenvalue weighted by atomic mass is 10.1. The van der Waals surface area contributed by atoms with Crippen LogP contribution in [0.15, 0.2) is 54.7 Å². The van der Waals surface area contributed by atoms with Crippen molar-refractivity contribution >= 4 is 23.2 Å². The third kappa shape index (κ3) is 3.16. The number of para-hydroxylation sites is 1. The van der Waals surface area contributed by atoms with E-state index in [9.17, 15) is 9.18 Å². The van der Waals surface area contributed by atoms with E-state index in [-0.39, 0.29) is 5.69 Å². The molecule has 0 atom stereocenters. The van der Waals surface area contributed by atoms with Gasteiger partial charge in [0.1, 0.15) is 5.82 Å². The van der Waals surface area contributed by atoms with Gasteiger partial charge in [0.25, 0.3) is 5.91 Å². The van der Waals surface area contributed by atoms with Gasteiger partial charge in [-0.3, -0.25) is 4.79 Å².